The fourth-order valence-electron chi connectivity index (χ4n) is 5.38. The highest BCUT2D eigenvalue weighted by molar-refractivity contribution is 6.35. The number of benzene rings is 3. The number of aliphatic hydroxyl groups excluding tert-OH is 1. The second-order valence-electron chi connectivity index (χ2n) is 12.0. The third-order valence-corrected chi connectivity index (χ3v) is 8.60. The number of rotatable bonds is 6. The lowest BCUT2D eigenvalue weighted by Crippen LogP contribution is -2.02. The first kappa shape index (κ1) is 36.6. The standard InChI is InChI=1S/C20H15N9.C7H7N3.C6H3Cl2N3.C4H10O/c1-3-13(7-16-11(1)9-22-28-16)24-19-15-5-6-21-18(15)26-20(27-19)25-14-4-2-12-10-23-29-17(12)8-14;8-6-2-1-5-4-9-10-7(5)3-6;7-4-3-1-2-9-5(3)11-6(8)10-4;1-2-3-4-5/h1-10H,(H,22,28)(H,23,29)(H3,21,24,25,26,27);1-4H,8H2,(H,9,10);1-2H,(H,9,10,11);5H,2-4H2,1H3. The Morgan fingerprint density at radius 1 is 0.655 bits per heavy atom. The van der Waals surface area contributed by atoms with E-state index in [1.807, 2.05) is 66.9 Å². The zero-order valence-electron chi connectivity index (χ0n) is 29.3. The van der Waals surface area contributed by atoms with E-state index in [1.54, 1.807) is 30.9 Å². The second-order valence-corrected chi connectivity index (χ2v) is 12.7. The minimum absolute atomic E-state index is 0.157. The Labute approximate surface area is 322 Å². The molecule has 0 atom stereocenters. The van der Waals surface area contributed by atoms with Gasteiger partial charge in [-0.25, -0.2) is 4.98 Å². The summed E-state index contributed by atoms with van der Waals surface area (Å²) in [6.45, 7) is 2.40. The van der Waals surface area contributed by atoms with Crippen molar-refractivity contribution in [3.05, 3.63) is 108 Å². The summed E-state index contributed by atoms with van der Waals surface area (Å²) in [6.07, 6.45) is 11.0. The average Bonchev–Trinajstić information content (AvgIpc) is 4.03. The van der Waals surface area contributed by atoms with E-state index < -0.39 is 0 Å². The van der Waals surface area contributed by atoms with E-state index in [-0.39, 0.29) is 5.28 Å². The van der Waals surface area contributed by atoms with Crippen LogP contribution in [0.3, 0.4) is 0 Å². The number of nitrogen functional groups attached to an aromatic ring is 1. The minimum Gasteiger partial charge on any atom is -0.399 e. The first-order valence-corrected chi connectivity index (χ1v) is 17.8. The van der Waals surface area contributed by atoms with Crippen molar-refractivity contribution >= 4 is 107 Å². The number of aliphatic hydroxyl groups is 1. The van der Waals surface area contributed by atoms with Gasteiger partial charge in [0, 0.05) is 52.2 Å². The molecule has 0 fully saturated rings. The molecule has 16 nitrogen and oxygen atoms in total. The number of unbranched alkanes of at least 4 members (excludes halogenated alkanes) is 1. The van der Waals surface area contributed by atoms with E-state index in [4.69, 9.17) is 39.0 Å². The summed E-state index contributed by atoms with van der Waals surface area (Å²) in [5, 5.41) is 40.9. The zero-order chi connectivity index (χ0) is 38.1. The monoisotopic (exact) mass is 775 g/mol. The molecule has 0 aliphatic heterocycles. The molecule has 0 saturated heterocycles. The molecule has 3 aromatic carbocycles. The van der Waals surface area contributed by atoms with Gasteiger partial charge in [0.25, 0.3) is 0 Å². The first-order valence-electron chi connectivity index (χ1n) is 17.1. The largest absolute Gasteiger partial charge is 0.399 e. The van der Waals surface area contributed by atoms with Gasteiger partial charge >= 0.3 is 0 Å². The first-order chi connectivity index (χ1) is 26.9. The van der Waals surface area contributed by atoms with Crippen LogP contribution in [-0.4, -0.2) is 72.2 Å². The summed E-state index contributed by atoms with van der Waals surface area (Å²) in [4.78, 5) is 23.0. The molecule has 278 valence electrons. The molecule has 10 N–H and O–H groups in total. The highest BCUT2D eigenvalue weighted by Crippen LogP contribution is 2.28. The molecular formula is C37H35Cl2N15O. The third kappa shape index (κ3) is 8.90. The van der Waals surface area contributed by atoms with E-state index in [1.165, 1.54) is 0 Å². The van der Waals surface area contributed by atoms with Crippen molar-refractivity contribution in [2.45, 2.75) is 19.8 Å². The maximum Gasteiger partial charge on any atom is 0.231 e. The third-order valence-electron chi connectivity index (χ3n) is 8.14. The van der Waals surface area contributed by atoms with Gasteiger partial charge in [0.15, 0.2) is 0 Å². The molecule has 0 saturated carbocycles. The van der Waals surface area contributed by atoms with E-state index in [9.17, 15) is 0 Å². The zero-order valence-corrected chi connectivity index (χ0v) is 30.8. The minimum atomic E-state index is 0.157. The maximum atomic E-state index is 8.07. The number of fused-ring (bicyclic) bond motifs is 5. The van der Waals surface area contributed by atoms with Gasteiger partial charge in [0.05, 0.1) is 45.9 Å². The summed E-state index contributed by atoms with van der Waals surface area (Å²) in [6, 6.07) is 21.4. The molecular weight excluding hydrogens is 741 g/mol. The smallest absolute Gasteiger partial charge is 0.231 e. The van der Waals surface area contributed by atoms with Gasteiger partial charge < -0.3 is 31.4 Å². The molecule has 18 heteroatoms. The Kier molecular flexibility index (Phi) is 11.3. The maximum absolute atomic E-state index is 8.07. The number of nitrogens with two attached hydrogens (primary N) is 1. The number of H-pyrrole nitrogens is 5. The van der Waals surface area contributed by atoms with Crippen molar-refractivity contribution in [3.8, 4) is 0 Å². The summed E-state index contributed by atoms with van der Waals surface area (Å²) in [7, 11) is 0. The molecule has 0 amide bonds. The molecule has 0 aliphatic rings. The Morgan fingerprint density at radius 2 is 1.22 bits per heavy atom. The Morgan fingerprint density at radius 3 is 1.82 bits per heavy atom. The molecule has 7 aromatic heterocycles. The highest BCUT2D eigenvalue weighted by Gasteiger charge is 2.11. The number of anilines is 5. The van der Waals surface area contributed by atoms with Gasteiger partial charge in [-0.1, -0.05) is 24.9 Å². The molecule has 0 bridgehead atoms. The van der Waals surface area contributed by atoms with Crippen molar-refractivity contribution in [2.75, 3.05) is 23.0 Å². The molecule has 0 unspecified atom stereocenters. The van der Waals surface area contributed by atoms with Crippen molar-refractivity contribution in [1.29, 1.82) is 0 Å². The van der Waals surface area contributed by atoms with E-state index in [0.717, 1.165) is 79.0 Å². The van der Waals surface area contributed by atoms with E-state index in [2.05, 4.69) is 73.1 Å². The predicted molar refractivity (Wildman–Crippen MR) is 219 cm³/mol. The summed E-state index contributed by atoms with van der Waals surface area (Å²) in [5.41, 5.74) is 12.4. The van der Waals surface area contributed by atoms with Crippen LogP contribution < -0.4 is 16.4 Å². The van der Waals surface area contributed by atoms with Gasteiger partial charge in [-0.3, -0.25) is 15.3 Å². The number of nitrogens with one attached hydrogen (secondary N) is 7. The van der Waals surface area contributed by atoms with Crippen molar-refractivity contribution in [3.63, 3.8) is 0 Å². The van der Waals surface area contributed by atoms with Crippen LogP contribution >= 0.6 is 23.2 Å². The molecule has 55 heavy (non-hydrogen) atoms. The molecule has 0 spiro atoms. The van der Waals surface area contributed by atoms with Crippen LogP contribution in [-0.2, 0) is 0 Å². The number of hydrogen-bond donors (Lipinski definition) is 9. The van der Waals surface area contributed by atoms with Crippen LogP contribution in [0.1, 0.15) is 19.8 Å². The van der Waals surface area contributed by atoms with Crippen LogP contribution in [0.25, 0.3) is 54.8 Å². The van der Waals surface area contributed by atoms with Crippen LogP contribution in [0, 0.1) is 0 Å². The fraction of sp³-hybridized carbons (Fsp3) is 0.108. The van der Waals surface area contributed by atoms with E-state index in [0.29, 0.717) is 29.2 Å². The van der Waals surface area contributed by atoms with Gasteiger partial charge in [-0.05, 0) is 84.8 Å². The Hall–Kier alpha value is -6.75. The number of aromatic nitrogens is 12. The number of hydrogen-bond acceptors (Lipinski definition) is 11. The number of nitrogens with zero attached hydrogens (tertiary/aromatic N) is 7. The second kappa shape index (κ2) is 16.9. The van der Waals surface area contributed by atoms with Crippen LogP contribution in [0.4, 0.5) is 28.8 Å². The van der Waals surface area contributed by atoms with Crippen molar-refractivity contribution < 1.29 is 5.11 Å². The normalized spacial score (nSPS) is 10.8. The Balaban J connectivity index is 0.000000145. The summed E-state index contributed by atoms with van der Waals surface area (Å²) in [5.74, 6) is 1.20. The topological polar surface area (TPSA) is 239 Å². The van der Waals surface area contributed by atoms with Crippen molar-refractivity contribution in [2.24, 2.45) is 0 Å². The van der Waals surface area contributed by atoms with Gasteiger partial charge in [0.2, 0.25) is 11.2 Å². The van der Waals surface area contributed by atoms with Crippen molar-refractivity contribution in [1.82, 2.24) is 60.5 Å². The number of aromatic amines is 5. The highest BCUT2D eigenvalue weighted by atomic mass is 35.5. The molecule has 0 aliphatic carbocycles. The number of halogens is 2. The Bertz CT molecular complexity index is 2800. The fourth-order valence-corrected chi connectivity index (χ4v) is 5.82. The SMILES string of the molecule is CCCCO.Clc1nc(Cl)c2cc[nH]c2n1.Nc1ccc2cn[nH]c2c1.c1cc2c(Nc3ccc4cn[nH]c4c3)nc(Nc3ccc4cn[nH]c4c3)nc2[nH]1. The molecule has 10 rings (SSSR count). The summed E-state index contributed by atoms with van der Waals surface area (Å²) >= 11 is 11.3. The molecule has 10 aromatic rings. The van der Waals surface area contributed by atoms with Crippen LogP contribution in [0.5, 0.6) is 0 Å². The van der Waals surface area contributed by atoms with Crippen LogP contribution in [0.2, 0.25) is 10.4 Å². The van der Waals surface area contributed by atoms with E-state index >= 15 is 0 Å². The molecule has 0 radical (unpaired) electrons. The lowest BCUT2D eigenvalue weighted by molar-refractivity contribution is 0.287. The van der Waals surface area contributed by atoms with Gasteiger partial charge in [-0.2, -0.15) is 30.2 Å². The average molecular weight is 777 g/mol. The quantitative estimate of drug-likeness (QED) is 0.0441. The molecule has 7 heterocycles. The lowest BCUT2D eigenvalue weighted by Gasteiger charge is -2.10. The predicted octanol–water partition coefficient (Wildman–Crippen LogP) is 8.39. The summed E-state index contributed by atoms with van der Waals surface area (Å²) < 4.78 is 0. The van der Waals surface area contributed by atoms with Crippen LogP contribution in [0.15, 0.2) is 97.7 Å². The lowest BCUT2D eigenvalue weighted by atomic mass is 10.2. The van der Waals surface area contributed by atoms with Gasteiger partial charge in [-0.15, -0.1) is 0 Å². The van der Waals surface area contributed by atoms with Gasteiger partial charge in [0.1, 0.15) is 22.3 Å².